The van der Waals surface area contributed by atoms with Crippen molar-refractivity contribution in [2.24, 2.45) is 17.1 Å². The fourth-order valence-corrected chi connectivity index (χ4v) is 5.04. The number of hydrogen-bond acceptors (Lipinski definition) is 7. The average Bonchev–Trinajstić information content (AvgIpc) is 3.62. The second kappa shape index (κ2) is 9.71. The minimum Gasteiger partial charge on any atom is -0.483 e. The third kappa shape index (κ3) is 4.57. The summed E-state index contributed by atoms with van der Waals surface area (Å²) < 4.78 is 49.7. The van der Waals surface area contributed by atoms with Gasteiger partial charge in [0.1, 0.15) is 35.0 Å². The number of likely N-dealkylation sites (tertiary alicyclic amines) is 1. The van der Waals surface area contributed by atoms with Gasteiger partial charge in [-0.15, -0.1) is 0 Å². The Balaban J connectivity index is 1.13. The van der Waals surface area contributed by atoms with E-state index in [0.717, 1.165) is 35.9 Å². The Kier molecular flexibility index (Phi) is 6.20. The molecular formula is C26H25F3N8O2. The highest BCUT2D eigenvalue weighted by Crippen LogP contribution is 2.33. The second-order valence-electron chi connectivity index (χ2n) is 9.63. The van der Waals surface area contributed by atoms with Crippen LogP contribution in [0, 0.1) is 24.4 Å². The average molecular weight is 539 g/mol. The molecule has 0 unspecified atom stereocenters. The molecule has 3 aromatic rings. The molecule has 1 atom stereocenters. The van der Waals surface area contributed by atoms with Crippen LogP contribution in [-0.2, 0) is 7.05 Å². The van der Waals surface area contributed by atoms with Crippen molar-refractivity contribution in [3.05, 3.63) is 64.7 Å². The van der Waals surface area contributed by atoms with Crippen molar-refractivity contribution >= 4 is 18.1 Å². The highest BCUT2D eigenvalue weighted by Gasteiger charge is 2.39. The molecular weight excluding hydrogens is 513 g/mol. The largest absolute Gasteiger partial charge is 0.483 e. The van der Waals surface area contributed by atoms with E-state index in [1.54, 1.807) is 4.68 Å². The maximum atomic E-state index is 14.6. The molecule has 1 fully saturated rings. The zero-order chi connectivity index (χ0) is 27.3. The zero-order valence-electron chi connectivity index (χ0n) is 21.2. The summed E-state index contributed by atoms with van der Waals surface area (Å²) in [6.45, 7) is 3.76. The summed E-state index contributed by atoms with van der Waals surface area (Å²) >= 11 is 0. The number of aromatic nitrogens is 3. The molecule has 0 saturated carbocycles. The number of hydrogen-bond donors (Lipinski definition) is 1. The SMILES string of the molecule is Cc1c(-c2cc(OC3CN(C(=O)N4N=CC[C@H]4c4cc(F)cc(F)c4)C3)c(F)cn2)nn(C)c1C1=NCCN1. The Morgan fingerprint density at radius 2 is 1.90 bits per heavy atom. The van der Waals surface area contributed by atoms with Crippen LogP contribution in [0.5, 0.6) is 5.75 Å². The summed E-state index contributed by atoms with van der Waals surface area (Å²) in [5, 5.41) is 13.1. The first kappa shape index (κ1) is 24.9. The minimum absolute atomic E-state index is 0.00680. The van der Waals surface area contributed by atoms with Gasteiger partial charge in [-0.2, -0.15) is 10.2 Å². The van der Waals surface area contributed by atoms with Gasteiger partial charge in [0.25, 0.3) is 0 Å². The Morgan fingerprint density at radius 1 is 1.13 bits per heavy atom. The van der Waals surface area contributed by atoms with Gasteiger partial charge < -0.3 is 15.0 Å². The molecule has 202 valence electrons. The molecule has 13 heteroatoms. The van der Waals surface area contributed by atoms with Gasteiger partial charge in [-0.3, -0.25) is 14.7 Å². The summed E-state index contributed by atoms with van der Waals surface area (Å²) in [6, 6.07) is 3.63. The Hall–Kier alpha value is -4.42. The number of rotatable bonds is 5. The second-order valence-corrected chi connectivity index (χ2v) is 9.63. The third-order valence-electron chi connectivity index (χ3n) is 6.95. The predicted octanol–water partition coefficient (Wildman–Crippen LogP) is 3.17. The lowest BCUT2D eigenvalue weighted by atomic mass is 10.0. The van der Waals surface area contributed by atoms with Crippen LogP contribution in [-0.4, -0.2) is 75.0 Å². The quantitative estimate of drug-likeness (QED) is 0.538. The van der Waals surface area contributed by atoms with Crippen molar-refractivity contribution in [3.8, 4) is 17.1 Å². The standard InChI is InChI=1S/C26H25F3N8O2/c1-14-23(34-35(2)24(14)25-30-5-6-31-25)20-10-22(19(29)11-32-20)39-18-12-36(13-18)26(38)37-21(3-4-33-37)15-7-16(27)9-17(28)8-15/h4,7-11,18,21H,3,5-6,12-13H2,1-2H3,(H,30,31)/t21-/m0/s1. The zero-order valence-corrected chi connectivity index (χ0v) is 21.2. The topological polar surface area (TPSA) is 100 Å². The summed E-state index contributed by atoms with van der Waals surface area (Å²) in [5.41, 5.74) is 3.06. The Labute approximate surface area is 221 Å². The Bertz CT molecular complexity index is 1490. The highest BCUT2D eigenvalue weighted by atomic mass is 19.1. The number of aryl methyl sites for hydroxylation is 1. The van der Waals surface area contributed by atoms with E-state index in [-0.39, 0.29) is 18.8 Å². The molecule has 0 aliphatic carbocycles. The summed E-state index contributed by atoms with van der Waals surface area (Å²) in [5.74, 6) is -1.30. The monoisotopic (exact) mass is 538 g/mol. The van der Waals surface area contributed by atoms with E-state index in [9.17, 15) is 18.0 Å². The van der Waals surface area contributed by atoms with E-state index >= 15 is 0 Å². The first-order valence-electron chi connectivity index (χ1n) is 12.5. The van der Waals surface area contributed by atoms with Gasteiger partial charge in [0.2, 0.25) is 0 Å². The van der Waals surface area contributed by atoms with Gasteiger partial charge in [-0.25, -0.2) is 23.0 Å². The van der Waals surface area contributed by atoms with Crippen molar-refractivity contribution in [2.45, 2.75) is 25.5 Å². The van der Waals surface area contributed by atoms with Gasteiger partial charge in [-0.05, 0) is 24.6 Å². The molecule has 1 aromatic carbocycles. The number of hydrazone groups is 1. The Morgan fingerprint density at radius 3 is 2.62 bits per heavy atom. The van der Waals surface area contributed by atoms with Crippen LogP contribution >= 0.6 is 0 Å². The van der Waals surface area contributed by atoms with Gasteiger partial charge in [0.15, 0.2) is 11.6 Å². The molecule has 3 aliphatic rings. The number of ether oxygens (including phenoxy) is 1. The molecule has 2 amide bonds. The lowest BCUT2D eigenvalue weighted by molar-refractivity contribution is 0.0256. The molecule has 1 saturated heterocycles. The van der Waals surface area contributed by atoms with Gasteiger partial charge in [-0.1, -0.05) is 0 Å². The number of benzene rings is 1. The maximum Gasteiger partial charge on any atom is 0.341 e. The smallest absolute Gasteiger partial charge is 0.341 e. The summed E-state index contributed by atoms with van der Waals surface area (Å²) in [7, 11) is 1.81. The van der Waals surface area contributed by atoms with Crippen LogP contribution in [0.15, 0.2) is 40.6 Å². The molecule has 1 N–H and O–H groups in total. The predicted molar refractivity (Wildman–Crippen MR) is 136 cm³/mol. The van der Waals surface area contributed by atoms with Gasteiger partial charge >= 0.3 is 6.03 Å². The van der Waals surface area contributed by atoms with E-state index in [0.29, 0.717) is 29.9 Å². The molecule has 2 aromatic heterocycles. The van der Waals surface area contributed by atoms with Gasteiger partial charge in [0.05, 0.1) is 37.6 Å². The van der Waals surface area contributed by atoms with E-state index in [1.807, 2.05) is 14.0 Å². The van der Waals surface area contributed by atoms with E-state index in [4.69, 9.17) is 4.74 Å². The lowest BCUT2D eigenvalue weighted by Gasteiger charge is -2.41. The number of nitrogens with zero attached hydrogens (tertiary/aromatic N) is 7. The summed E-state index contributed by atoms with van der Waals surface area (Å²) in [4.78, 5) is 23.2. The van der Waals surface area contributed by atoms with Crippen LogP contribution in [0.25, 0.3) is 11.4 Å². The molecule has 5 heterocycles. The minimum atomic E-state index is -0.721. The molecule has 0 radical (unpaired) electrons. The maximum absolute atomic E-state index is 14.6. The number of carbonyl (C=O) groups excluding carboxylic acids is 1. The van der Waals surface area contributed by atoms with Crippen LogP contribution in [0.1, 0.15) is 29.3 Å². The normalized spacial score (nSPS) is 18.8. The van der Waals surface area contributed by atoms with Crippen molar-refractivity contribution in [3.63, 3.8) is 0 Å². The number of aliphatic imine (C=N–C) groups is 1. The number of pyridine rings is 1. The molecule has 0 bridgehead atoms. The van der Waals surface area contributed by atoms with E-state index in [1.165, 1.54) is 34.3 Å². The van der Waals surface area contributed by atoms with Crippen molar-refractivity contribution in [1.82, 2.24) is 30.0 Å². The van der Waals surface area contributed by atoms with Crippen LogP contribution in [0.2, 0.25) is 0 Å². The first-order valence-corrected chi connectivity index (χ1v) is 12.5. The van der Waals surface area contributed by atoms with Crippen LogP contribution in [0.4, 0.5) is 18.0 Å². The van der Waals surface area contributed by atoms with Crippen molar-refractivity contribution in [2.75, 3.05) is 26.2 Å². The number of amidine groups is 1. The number of amides is 2. The highest BCUT2D eigenvalue weighted by molar-refractivity contribution is 6.00. The molecule has 3 aliphatic heterocycles. The van der Waals surface area contributed by atoms with Crippen LogP contribution < -0.4 is 10.1 Å². The number of nitrogens with one attached hydrogen (secondary N) is 1. The van der Waals surface area contributed by atoms with Crippen molar-refractivity contribution in [1.29, 1.82) is 0 Å². The fourth-order valence-electron chi connectivity index (χ4n) is 5.04. The number of halogens is 3. The number of carbonyl (C=O) groups is 1. The fraction of sp³-hybridized carbons (Fsp3) is 0.346. The van der Waals surface area contributed by atoms with E-state index in [2.05, 4.69) is 25.5 Å². The van der Waals surface area contributed by atoms with E-state index < -0.39 is 35.6 Å². The molecule has 10 nitrogen and oxygen atoms in total. The van der Waals surface area contributed by atoms with Crippen LogP contribution in [0.3, 0.4) is 0 Å². The first-order chi connectivity index (χ1) is 18.8. The molecule has 0 spiro atoms. The van der Waals surface area contributed by atoms with Crippen molar-refractivity contribution < 1.29 is 22.7 Å². The summed E-state index contributed by atoms with van der Waals surface area (Å²) in [6.07, 6.45) is 2.51. The third-order valence-corrected chi connectivity index (χ3v) is 6.95. The van der Waals surface area contributed by atoms with Gasteiger partial charge in [0, 0.05) is 43.9 Å². The molecule has 39 heavy (non-hydrogen) atoms. The lowest BCUT2D eigenvalue weighted by Crippen LogP contribution is -2.58. The number of urea groups is 1. The molecule has 6 rings (SSSR count).